The molecule has 0 unspecified atom stereocenters. The van der Waals surface area contributed by atoms with E-state index in [1.54, 1.807) is 17.7 Å². The highest BCUT2D eigenvalue weighted by molar-refractivity contribution is 5.39. The number of likely N-dealkylation sites (tertiary alicyclic amines) is 1. The number of anilines is 1. The number of rotatable bonds is 7. The van der Waals surface area contributed by atoms with Crippen LogP contribution in [0.4, 0.5) is 5.95 Å². The van der Waals surface area contributed by atoms with Crippen LogP contribution < -0.4 is 14.8 Å². The fourth-order valence-corrected chi connectivity index (χ4v) is 3.43. The van der Waals surface area contributed by atoms with Crippen molar-refractivity contribution in [2.45, 2.75) is 32.4 Å². The highest BCUT2D eigenvalue weighted by Gasteiger charge is 2.20. The molecule has 0 spiro atoms. The second-order valence-corrected chi connectivity index (χ2v) is 6.96. The van der Waals surface area contributed by atoms with Gasteiger partial charge < -0.3 is 19.7 Å². The Kier molecular flexibility index (Phi) is 5.57. The lowest BCUT2D eigenvalue weighted by atomic mass is 10.1. The minimum atomic E-state index is 0.372. The molecule has 3 aromatic rings. The zero-order valence-corrected chi connectivity index (χ0v) is 16.3. The van der Waals surface area contributed by atoms with Crippen molar-refractivity contribution in [3.63, 3.8) is 0 Å². The van der Waals surface area contributed by atoms with Crippen LogP contribution >= 0.6 is 0 Å². The van der Waals surface area contributed by atoms with Gasteiger partial charge in [-0.15, -0.1) is 5.10 Å². The van der Waals surface area contributed by atoms with Crippen LogP contribution in [0.5, 0.6) is 11.6 Å². The summed E-state index contributed by atoms with van der Waals surface area (Å²) in [5.74, 6) is 2.49. The van der Waals surface area contributed by atoms with Gasteiger partial charge in [0.05, 0.1) is 7.11 Å². The first kappa shape index (κ1) is 18.5. The molecule has 8 heteroatoms. The second-order valence-electron chi connectivity index (χ2n) is 6.96. The highest BCUT2D eigenvalue weighted by atomic mass is 16.5. The Balaban J connectivity index is 1.39. The first-order valence-corrected chi connectivity index (χ1v) is 9.71. The number of hydrogen-bond donors (Lipinski definition) is 1. The van der Waals surface area contributed by atoms with Crippen LogP contribution in [0.15, 0.2) is 36.5 Å². The molecule has 1 aliphatic heterocycles. The first-order chi connectivity index (χ1) is 13.7. The van der Waals surface area contributed by atoms with E-state index in [-0.39, 0.29) is 0 Å². The van der Waals surface area contributed by atoms with Gasteiger partial charge in [-0.2, -0.15) is 9.97 Å². The quantitative estimate of drug-likeness (QED) is 0.673. The summed E-state index contributed by atoms with van der Waals surface area (Å²) >= 11 is 0. The summed E-state index contributed by atoms with van der Waals surface area (Å²) in [6.45, 7) is 5.90. The van der Waals surface area contributed by atoms with Crippen molar-refractivity contribution in [1.29, 1.82) is 0 Å². The molecule has 1 aromatic carbocycles. The summed E-state index contributed by atoms with van der Waals surface area (Å²) in [5, 5.41) is 7.93. The molecule has 1 aliphatic rings. The molecule has 0 aliphatic carbocycles. The summed E-state index contributed by atoms with van der Waals surface area (Å²) in [5.41, 5.74) is 1.05. The predicted molar refractivity (Wildman–Crippen MR) is 107 cm³/mol. The summed E-state index contributed by atoms with van der Waals surface area (Å²) in [6.07, 6.45) is 4.15. The van der Waals surface area contributed by atoms with Crippen molar-refractivity contribution in [3.05, 3.63) is 42.1 Å². The Morgan fingerprint density at radius 2 is 2.04 bits per heavy atom. The van der Waals surface area contributed by atoms with Crippen LogP contribution in [0.25, 0.3) is 5.78 Å². The van der Waals surface area contributed by atoms with Crippen LogP contribution in [-0.2, 0) is 6.61 Å². The van der Waals surface area contributed by atoms with Crippen molar-refractivity contribution in [2.75, 3.05) is 32.1 Å². The number of ether oxygens (including phenoxy) is 2. The Labute approximate surface area is 164 Å². The molecular formula is C20H26N6O2. The smallest absolute Gasteiger partial charge is 0.257 e. The number of fused-ring (bicyclic) bond motifs is 1. The molecule has 4 rings (SSSR count). The number of methoxy groups -OCH3 is 1. The maximum Gasteiger partial charge on any atom is 0.257 e. The van der Waals surface area contributed by atoms with Crippen LogP contribution in [0.2, 0.25) is 0 Å². The third-order valence-corrected chi connectivity index (χ3v) is 5.01. The van der Waals surface area contributed by atoms with Gasteiger partial charge in [-0.1, -0.05) is 19.1 Å². The van der Waals surface area contributed by atoms with Gasteiger partial charge in [-0.05, 0) is 43.6 Å². The monoisotopic (exact) mass is 382 g/mol. The Bertz CT molecular complexity index is 911. The molecule has 0 amide bonds. The third kappa shape index (κ3) is 4.33. The summed E-state index contributed by atoms with van der Waals surface area (Å²) in [6, 6.07) is 9.94. The Hall–Kier alpha value is -2.87. The maximum atomic E-state index is 5.80. The van der Waals surface area contributed by atoms with Crippen molar-refractivity contribution < 1.29 is 9.47 Å². The number of nitrogens with one attached hydrogen (secondary N) is 1. The summed E-state index contributed by atoms with van der Waals surface area (Å²) in [4.78, 5) is 11.4. The molecule has 8 nitrogen and oxygen atoms in total. The van der Waals surface area contributed by atoms with Gasteiger partial charge in [-0.3, -0.25) is 0 Å². The highest BCUT2D eigenvalue weighted by Crippen LogP contribution is 2.17. The lowest BCUT2D eigenvalue weighted by molar-refractivity contribution is 0.226. The van der Waals surface area contributed by atoms with E-state index < -0.39 is 0 Å². The molecule has 0 radical (unpaired) electrons. The fraction of sp³-hybridized carbons (Fsp3) is 0.450. The van der Waals surface area contributed by atoms with Crippen molar-refractivity contribution >= 4 is 11.7 Å². The molecular weight excluding hydrogens is 356 g/mol. The SMILES string of the molecule is CCN1CCC[C@@H](Nc2nc3nc(OCc4ccc(OC)cc4)ccn3n2)C1. The van der Waals surface area contributed by atoms with Gasteiger partial charge in [0.1, 0.15) is 12.4 Å². The molecule has 1 fully saturated rings. The number of nitrogens with zero attached hydrogens (tertiary/aromatic N) is 5. The molecule has 2 aromatic heterocycles. The lowest BCUT2D eigenvalue weighted by Gasteiger charge is -2.31. The van der Waals surface area contributed by atoms with E-state index >= 15 is 0 Å². The molecule has 148 valence electrons. The van der Waals surface area contributed by atoms with Crippen molar-refractivity contribution in [3.8, 4) is 11.6 Å². The number of piperidine rings is 1. The third-order valence-electron chi connectivity index (χ3n) is 5.01. The van der Waals surface area contributed by atoms with E-state index in [2.05, 4.69) is 32.2 Å². The standard InChI is InChI=1S/C20H26N6O2/c1-3-25-11-4-5-16(13-25)21-19-23-20-22-18(10-12-26(20)24-19)28-14-15-6-8-17(27-2)9-7-15/h6-10,12,16H,3-5,11,13-14H2,1-2H3,(H,21,24)/t16-/m1/s1. The van der Waals surface area contributed by atoms with Crippen molar-refractivity contribution in [2.24, 2.45) is 0 Å². The number of hydrogen-bond acceptors (Lipinski definition) is 7. The second kappa shape index (κ2) is 8.43. The lowest BCUT2D eigenvalue weighted by Crippen LogP contribution is -2.42. The van der Waals surface area contributed by atoms with Crippen LogP contribution in [-0.4, -0.2) is 57.3 Å². The van der Waals surface area contributed by atoms with E-state index in [0.29, 0.717) is 30.3 Å². The summed E-state index contributed by atoms with van der Waals surface area (Å²) < 4.78 is 12.6. The molecule has 1 N–H and O–H groups in total. The minimum Gasteiger partial charge on any atom is -0.497 e. The van der Waals surface area contributed by atoms with Crippen molar-refractivity contribution in [1.82, 2.24) is 24.5 Å². The van der Waals surface area contributed by atoms with Gasteiger partial charge in [0.2, 0.25) is 11.8 Å². The molecule has 28 heavy (non-hydrogen) atoms. The topological polar surface area (TPSA) is 76.8 Å². The average Bonchev–Trinajstić information content (AvgIpc) is 3.14. The van der Waals surface area contributed by atoms with E-state index in [4.69, 9.17) is 9.47 Å². The predicted octanol–water partition coefficient (Wildman–Crippen LogP) is 2.61. The van der Waals surface area contributed by atoms with E-state index in [1.807, 2.05) is 30.5 Å². The zero-order valence-electron chi connectivity index (χ0n) is 16.3. The molecule has 1 atom stereocenters. The molecule has 1 saturated heterocycles. The Morgan fingerprint density at radius 3 is 2.82 bits per heavy atom. The Morgan fingerprint density at radius 1 is 1.18 bits per heavy atom. The average molecular weight is 382 g/mol. The number of benzene rings is 1. The van der Waals surface area contributed by atoms with Crippen LogP contribution in [0, 0.1) is 0 Å². The van der Waals surface area contributed by atoms with Crippen LogP contribution in [0.3, 0.4) is 0 Å². The van der Waals surface area contributed by atoms with E-state index in [0.717, 1.165) is 30.8 Å². The zero-order chi connectivity index (χ0) is 19.3. The van der Waals surface area contributed by atoms with E-state index in [1.165, 1.54) is 13.0 Å². The first-order valence-electron chi connectivity index (χ1n) is 9.71. The largest absolute Gasteiger partial charge is 0.497 e. The number of likely N-dealkylation sites (N-methyl/N-ethyl adjacent to an activating group) is 1. The normalized spacial score (nSPS) is 17.6. The fourth-order valence-electron chi connectivity index (χ4n) is 3.43. The van der Waals surface area contributed by atoms with Crippen LogP contribution in [0.1, 0.15) is 25.3 Å². The van der Waals surface area contributed by atoms with Gasteiger partial charge in [0.15, 0.2) is 0 Å². The van der Waals surface area contributed by atoms with Gasteiger partial charge in [0, 0.05) is 24.8 Å². The van der Waals surface area contributed by atoms with E-state index in [9.17, 15) is 0 Å². The van der Waals surface area contributed by atoms with Gasteiger partial charge in [0.25, 0.3) is 5.78 Å². The maximum absolute atomic E-state index is 5.80. The minimum absolute atomic E-state index is 0.372. The molecule has 0 saturated carbocycles. The molecule has 0 bridgehead atoms. The van der Waals surface area contributed by atoms with Gasteiger partial charge >= 0.3 is 0 Å². The van der Waals surface area contributed by atoms with Gasteiger partial charge in [-0.25, -0.2) is 4.52 Å². The summed E-state index contributed by atoms with van der Waals surface area (Å²) in [7, 11) is 1.65. The number of aromatic nitrogens is 4. The molecule has 3 heterocycles.